The maximum Gasteiger partial charge on any atom is 0.127 e. The fraction of sp³-hybridized carbons (Fsp3) is 0.538. The van der Waals surface area contributed by atoms with Crippen LogP contribution in [0.2, 0.25) is 0 Å². The first kappa shape index (κ1) is 11.6. The summed E-state index contributed by atoms with van der Waals surface area (Å²) in [5.74, 6) is -0.0904. The highest BCUT2D eigenvalue weighted by Gasteiger charge is 2.26. The molecule has 2 nitrogen and oxygen atoms in total. The van der Waals surface area contributed by atoms with E-state index in [4.69, 9.17) is 0 Å². The summed E-state index contributed by atoms with van der Waals surface area (Å²) in [5, 5.41) is 3.08. The molecule has 0 amide bonds. The fourth-order valence-electron chi connectivity index (χ4n) is 1.98. The Balaban J connectivity index is 2.07. The van der Waals surface area contributed by atoms with Crippen molar-refractivity contribution in [3.05, 3.63) is 35.1 Å². The van der Waals surface area contributed by atoms with Gasteiger partial charge in [-0.25, -0.2) is 4.39 Å². The van der Waals surface area contributed by atoms with Crippen molar-refractivity contribution in [1.29, 1.82) is 0 Å². The second kappa shape index (κ2) is 4.93. The lowest BCUT2D eigenvalue weighted by Gasteiger charge is -2.16. The lowest BCUT2D eigenvalue weighted by molar-refractivity contribution is 0.311. The maximum absolute atomic E-state index is 13.6. The zero-order valence-corrected chi connectivity index (χ0v) is 9.96. The van der Waals surface area contributed by atoms with Gasteiger partial charge in [-0.1, -0.05) is 12.1 Å². The van der Waals surface area contributed by atoms with Crippen molar-refractivity contribution in [1.82, 2.24) is 10.2 Å². The normalized spacial score (nSPS) is 15.8. The number of benzene rings is 1. The van der Waals surface area contributed by atoms with Crippen LogP contribution in [0.15, 0.2) is 18.2 Å². The standard InChI is InChI=1S/C13H19FN2/c1-15-8-10-3-6-13(14)11(7-10)9-16(2)12-4-5-12/h3,6-7,12,15H,4-5,8-9H2,1-2H3. The zero-order chi connectivity index (χ0) is 11.5. The molecule has 88 valence electrons. The van der Waals surface area contributed by atoms with Crippen LogP contribution >= 0.6 is 0 Å². The second-order valence-electron chi connectivity index (χ2n) is 4.60. The first-order valence-electron chi connectivity index (χ1n) is 5.83. The lowest BCUT2D eigenvalue weighted by atomic mass is 10.1. The van der Waals surface area contributed by atoms with Crippen LogP contribution in [0.5, 0.6) is 0 Å². The van der Waals surface area contributed by atoms with Crippen LogP contribution < -0.4 is 5.32 Å². The smallest absolute Gasteiger partial charge is 0.127 e. The highest BCUT2D eigenvalue weighted by atomic mass is 19.1. The minimum Gasteiger partial charge on any atom is -0.316 e. The molecule has 0 spiro atoms. The topological polar surface area (TPSA) is 15.3 Å². The minimum absolute atomic E-state index is 0.0904. The third kappa shape index (κ3) is 2.80. The van der Waals surface area contributed by atoms with Crippen molar-refractivity contribution in [2.75, 3.05) is 14.1 Å². The molecule has 0 saturated heterocycles. The monoisotopic (exact) mass is 222 g/mol. The van der Waals surface area contributed by atoms with E-state index in [1.54, 1.807) is 6.07 Å². The van der Waals surface area contributed by atoms with Gasteiger partial charge in [-0.2, -0.15) is 0 Å². The molecule has 1 aliphatic carbocycles. The van der Waals surface area contributed by atoms with Gasteiger partial charge < -0.3 is 5.32 Å². The molecule has 1 fully saturated rings. The molecule has 1 aromatic rings. The summed E-state index contributed by atoms with van der Waals surface area (Å²) in [6.45, 7) is 1.51. The van der Waals surface area contributed by atoms with E-state index in [0.29, 0.717) is 12.6 Å². The van der Waals surface area contributed by atoms with Gasteiger partial charge in [0.2, 0.25) is 0 Å². The van der Waals surface area contributed by atoms with Gasteiger partial charge in [0.05, 0.1) is 0 Å². The summed E-state index contributed by atoms with van der Waals surface area (Å²) in [5.41, 5.74) is 1.95. The highest BCUT2D eigenvalue weighted by Crippen LogP contribution is 2.27. The first-order valence-corrected chi connectivity index (χ1v) is 5.83. The summed E-state index contributed by atoms with van der Waals surface area (Å²) >= 11 is 0. The molecule has 1 saturated carbocycles. The van der Waals surface area contributed by atoms with Gasteiger partial charge in [-0.05, 0) is 38.6 Å². The predicted molar refractivity (Wildman–Crippen MR) is 63.7 cm³/mol. The highest BCUT2D eigenvalue weighted by molar-refractivity contribution is 5.25. The molecule has 0 atom stereocenters. The van der Waals surface area contributed by atoms with E-state index in [1.165, 1.54) is 12.8 Å². The molecule has 1 N–H and O–H groups in total. The summed E-state index contributed by atoms with van der Waals surface area (Å²) in [4.78, 5) is 2.24. The fourth-order valence-corrected chi connectivity index (χ4v) is 1.98. The average Bonchev–Trinajstić information content (AvgIpc) is 3.07. The van der Waals surface area contributed by atoms with Crippen LogP contribution in [-0.4, -0.2) is 25.0 Å². The summed E-state index contributed by atoms with van der Waals surface area (Å²) in [7, 11) is 3.97. The van der Waals surface area contributed by atoms with Crippen molar-refractivity contribution in [3.8, 4) is 0 Å². The first-order chi connectivity index (χ1) is 7.70. The Morgan fingerprint density at radius 2 is 2.19 bits per heavy atom. The SMILES string of the molecule is CNCc1ccc(F)c(CN(C)C2CC2)c1. The molecule has 1 aromatic carbocycles. The predicted octanol–water partition coefficient (Wildman–Crippen LogP) is 2.14. The molecule has 0 aliphatic heterocycles. The Bertz CT molecular complexity index is 361. The van der Waals surface area contributed by atoms with Gasteiger partial charge in [0.15, 0.2) is 0 Å². The largest absolute Gasteiger partial charge is 0.316 e. The number of nitrogens with one attached hydrogen (secondary N) is 1. The van der Waals surface area contributed by atoms with Crippen molar-refractivity contribution >= 4 is 0 Å². The quantitative estimate of drug-likeness (QED) is 0.821. The molecule has 2 rings (SSSR count). The van der Waals surface area contributed by atoms with Gasteiger partial charge in [-0.15, -0.1) is 0 Å². The molecule has 3 heteroatoms. The molecular weight excluding hydrogens is 203 g/mol. The molecule has 0 radical (unpaired) electrons. The van der Waals surface area contributed by atoms with Gasteiger partial charge in [0, 0.05) is 24.7 Å². The third-order valence-corrected chi connectivity index (χ3v) is 3.08. The lowest BCUT2D eigenvalue weighted by Crippen LogP contribution is -2.21. The van der Waals surface area contributed by atoms with Gasteiger partial charge >= 0.3 is 0 Å². The van der Waals surface area contributed by atoms with E-state index in [-0.39, 0.29) is 5.82 Å². The van der Waals surface area contributed by atoms with Crippen LogP contribution in [0, 0.1) is 5.82 Å². The van der Waals surface area contributed by atoms with E-state index >= 15 is 0 Å². The third-order valence-electron chi connectivity index (χ3n) is 3.08. The van der Waals surface area contributed by atoms with Crippen LogP contribution in [-0.2, 0) is 13.1 Å². The number of nitrogens with zero attached hydrogens (tertiary/aromatic N) is 1. The Morgan fingerprint density at radius 3 is 2.81 bits per heavy atom. The summed E-state index contributed by atoms with van der Waals surface area (Å²) in [6.07, 6.45) is 2.52. The number of hydrogen-bond acceptors (Lipinski definition) is 2. The molecule has 1 aliphatic rings. The van der Waals surface area contributed by atoms with Crippen molar-refractivity contribution in [2.45, 2.75) is 32.0 Å². The van der Waals surface area contributed by atoms with Gasteiger partial charge in [-0.3, -0.25) is 4.90 Å². The van der Waals surface area contributed by atoms with E-state index < -0.39 is 0 Å². The summed E-state index contributed by atoms with van der Waals surface area (Å²) < 4.78 is 13.6. The molecule has 0 aromatic heterocycles. The number of hydrogen-bond donors (Lipinski definition) is 1. The second-order valence-corrected chi connectivity index (χ2v) is 4.60. The van der Waals surface area contributed by atoms with Gasteiger partial charge in [0.1, 0.15) is 5.82 Å². The van der Waals surface area contributed by atoms with Crippen LogP contribution in [0.1, 0.15) is 24.0 Å². The zero-order valence-electron chi connectivity index (χ0n) is 9.96. The van der Waals surface area contributed by atoms with Crippen LogP contribution in [0.4, 0.5) is 4.39 Å². The van der Waals surface area contributed by atoms with E-state index in [9.17, 15) is 4.39 Å². The average molecular weight is 222 g/mol. The number of rotatable bonds is 5. The van der Waals surface area contributed by atoms with Crippen LogP contribution in [0.25, 0.3) is 0 Å². The Labute approximate surface area is 96.5 Å². The molecule has 0 heterocycles. The van der Waals surface area contributed by atoms with Crippen molar-refractivity contribution < 1.29 is 4.39 Å². The van der Waals surface area contributed by atoms with Crippen LogP contribution in [0.3, 0.4) is 0 Å². The van der Waals surface area contributed by atoms with Crippen molar-refractivity contribution in [2.24, 2.45) is 0 Å². The Morgan fingerprint density at radius 1 is 1.44 bits per heavy atom. The number of halogens is 1. The minimum atomic E-state index is -0.0904. The van der Waals surface area contributed by atoms with Gasteiger partial charge in [0.25, 0.3) is 0 Å². The molecule has 0 bridgehead atoms. The molecule has 16 heavy (non-hydrogen) atoms. The maximum atomic E-state index is 13.6. The Kier molecular flexibility index (Phi) is 3.56. The molecule has 0 unspecified atom stereocenters. The van der Waals surface area contributed by atoms with E-state index in [2.05, 4.69) is 17.3 Å². The Hall–Kier alpha value is -0.930. The molecular formula is C13H19FN2. The van der Waals surface area contributed by atoms with E-state index in [1.807, 2.05) is 19.2 Å². The van der Waals surface area contributed by atoms with Crippen molar-refractivity contribution in [3.63, 3.8) is 0 Å². The summed E-state index contributed by atoms with van der Waals surface area (Å²) in [6, 6.07) is 6.05. The van der Waals surface area contributed by atoms with E-state index in [0.717, 1.165) is 17.7 Å².